The third-order valence-corrected chi connectivity index (χ3v) is 2.90. The van der Waals surface area contributed by atoms with Crippen LogP contribution >= 0.6 is 11.6 Å². The van der Waals surface area contributed by atoms with Crippen LogP contribution in [0.4, 0.5) is 0 Å². The van der Waals surface area contributed by atoms with Gasteiger partial charge in [0.25, 0.3) is 0 Å². The van der Waals surface area contributed by atoms with E-state index in [1.165, 1.54) is 0 Å². The first-order chi connectivity index (χ1) is 7.16. The molecule has 1 aromatic rings. The number of hydrogen-bond acceptors (Lipinski definition) is 3. The van der Waals surface area contributed by atoms with Crippen molar-refractivity contribution in [2.24, 2.45) is 5.92 Å². The van der Waals surface area contributed by atoms with Crippen molar-refractivity contribution >= 4 is 17.6 Å². The van der Waals surface area contributed by atoms with Crippen LogP contribution in [-0.2, 0) is 11.3 Å². The Morgan fingerprint density at radius 1 is 1.67 bits per heavy atom. The molecule has 80 valence electrons. The zero-order valence-electron chi connectivity index (χ0n) is 8.06. The van der Waals surface area contributed by atoms with Crippen molar-refractivity contribution in [3.63, 3.8) is 0 Å². The van der Waals surface area contributed by atoms with Crippen LogP contribution in [-0.4, -0.2) is 34.0 Å². The highest BCUT2D eigenvalue weighted by Gasteiger charge is 2.32. The summed E-state index contributed by atoms with van der Waals surface area (Å²) in [5.41, 5.74) is 0.996. The van der Waals surface area contributed by atoms with Crippen molar-refractivity contribution in [2.75, 3.05) is 13.1 Å². The summed E-state index contributed by atoms with van der Waals surface area (Å²) in [5.74, 6) is -0.933. The summed E-state index contributed by atoms with van der Waals surface area (Å²) >= 11 is 5.94. The molecule has 0 unspecified atom stereocenters. The van der Waals surface area contributed by atoms with Gasteiger partial charge in [0, 0.05) is 32.0 Å². The highest BCUT2D eigenvalue weighted by Crippen LogP contribution is 2.22. The molecule has 1 aliphatic rings. The number of pyridine rings is 1. The molecule has 0 bridgehead atoms. The van der Waals surface area contributed by atoms with Crippen molar-refractivity contribution in [2.45, 2.75) is 6.54 Å². The van der Waals surface area contributed by atoms with Gasteiger partial charge in [-0.05, 0) is 11.6 Å². The van der Waals surface area contributed by atoms with Crippen molar-refractivity contribution in [3.05, 3.63) is 29.0 Å². The van der Waals surface area contributed by atoms with Gasteiger partial charge in [-0.2, -0.15) is 0 Å². The number of nitrogens with zero attached hydrogens (tertiary/aromatic N) is 2. The Morgan fingerprint density at radius 3 is 3.00 bits per heavy atom. The van der Waals surface area contributed by atoms with E-state index in [0.29, 0.717) is 24.7 Å². The average Bonchev–Trinajstić information content (AvgIpc) is 2.12. The average molecular weight is 227 g/mol. The first kappa shape index (κ1) is 10.4. The molecule has 1 saturated heterocycles. The van der Waals surface area contributed by atoms with E-state index < -0.39 is 5.97 Å². The third-order valence-electron chi connectivity index (χ3n) is 2.56. The van der Waals surface area contributed by atoms with Crippen molar-refractivity contribution in [1.82, 2.24) is 9.88 Å². The quantitative estimate of drug-likeness (QED) is 0.843. The molecule has 4 nitrogen and oxygen atoms in total. The Bertz CT molecular complexity index is 377. The number of likely N-dealkylation sites (tertiary alicyclic amines) is 1. The van der Waals surface area contributed by atoms with Crippen LogP contribution in [0.5, 0.6) is 0 Å². The number of carboxylic acid groups (broad SMARTS) is 1. The second-order valence-corrected chi connectivity index (χ2v) is 4.10. The Morgan fingerprint density at radius 2 is 2.40 bits per heavy atom. The lowest BCUT2D eigenvalue weighted by atomic mass is 10.00. The summed E-state index contributed by atoms with van der Waals surface area (Å²) in [6.45, 7) is 1.91. The molecule has 1 N–H and O–H groups in total. The van der Waals surface area contributed by atoms with Gasteiger partial charge in [-0.3, -0.25) is 14.7 Å². The van der Waals surface area contributed by atoms with Gasteiger partial charge in [0.05, 0.1) is 10.9 Å². The molecule has 0 amide bonds. The molecule has 0 saturated carbocycles. The zero-order chi connectivity index (χ0) is 10.8. The number of rotatable bonds is 3. The van der Waals surface area contributed by atoms with Gasteiger partial charge in [-0.1, -0.05) is 11.6 Å². The number of hydrogen-bond donors (Lipinski definition) is 1. The largest absolute Gasteiger partial charge is 0.481 e. The maximum atomic E-state index is 10.6. The van der Waals surface area contributed by atoms with Crippen LogP contribution in [0, 0.1) is 5.92 Å². The van der Waals surface area contributed by atoms with Crippen LogP contribution in [0.25, 0.3) is 0 Å². The Hall–Kier alpha value is -1.13. The fourth-order valence-corrected chi connectivity index (χ4v) is 1.81. The van der Waals surface area contributed by atoms with Gasteiger partial charge in [0.1, 0.15) is 0 Å². The van der Waals surface area contributed by atoms with E-state index in [-0.39, 0.29) is 5.92 Å². The van der Waals surface area contributed by atoms with Crippen molar-refractivity contribution in [1.29, 1.82) is 0 Å². The maximum absolute atomic E-state index is 10.6. The van der Waals surface area contributed by atoms with Crippen molar-refractivity contribution < 1.29 is 9.90 Å². The summed E-state index contributed by atoms with van der Waals surface area (Å²) in [5, 5.41) is 9.34. The monoisotopic (exact) mass is 226 g/mol. The highest BCUT2D eigenvalue weighted by molar-refractivity contribution is 6.31. The van der Waals surface area contributed by atoms with E-state index in [1.807, 2.05) is 6.07 Å². The van der Waals surface area contributed by atoms with E-state index in [4.69, 9.17) is 16.7 Å². The first-order valence-electron chi connectivity index (χ1n) is 4.70. The molecule has 0 spiro atoms. The van der Waals surface area contributed by atoms with Crippen LogP contribution in [0.3, 0.4) is 0 Å². The lowest BCUT2D eigenvalue weighted by Gasteiger charge is -2.36. The number of carboxylic acids is 1. The van der Waals surface area contributed by atoms with Gasteiger partial charge in [0.2, 0.25) is 0 Å². The van der Waals surface area contributed by atoms with Crippen LogP contribution < -0.4 is 0 Å². The van der Waals surface area contributed by atoms with Gasteiger partial charge >= 0.3 is 5.97 Å². The number of halogens is 1. The molecule has 2 rings (SSSR count). The predicted molar refractivity (Wildman–Crippen MR) is 55.6 cm³/mol. The number of carbonyl (C=O) groups is 1. The van der Waals surface area contributed by atoms with E-state index in [2.05, 4.69) is 9.88 Å². The minimum absolute atomic E-state index is 0.217. The van der Waals surface area contributed by atoms with Crippen LogP contribution in [0.15, 0.2) is 18.5 Å². The fraction of sp³-hybridized carbons (Fsp3) is 0.400. The number of aromatic nitrogens is 1. The summed E-state index contributed by atoms with van der Waals surface area (Å²) < 4.78 is 0. The SMILES string of the molecule is O=C(O)C1CN(Cc2ccncc2Cl)C1. The molecule has 2 heterocycles. The second kappa shape index (κ2) is 4.16. The molecule has 1 fully saturated rings. The first-order valence-corrected chi connectivity index (χ1v) is 5.08. The fourth-order valence-electron chi connectivity index (χ4n) is 1.63. The Kier molecular flexibility index (Phi) is 2.88. The summed E-state index contributed by atoms with van der Waals surface area (Å²) in [6, 6.07) is 1.86. The van der Waals surface area contributed by atoms with Gasteiger partial charge in [-0.25, -0.2) is 0 Å². The summed E-state index contributed by atoms with van der Waals surface area (Å²) in [6.07, 6.45) is 3.29. The minimum Gasteiger partial charge on any atom is -0.481 e. The van der Waals surface area contributed by atoms with Gasteiger partial charge in [-0.15, -0.1) is 0 Å². The zero-order valence-corrected chi connectivity index (χ0v) is 8.81. The smallest absolute Gasteiger partial charge is 0.309 e. The molecule has 0 atom stereocenters. The molecule has 5 heteroatoms. The normalized spacial score (nSPS) is 17.4. The lowest BCUT2D eigenvalue weighted by Crippen LogP contribution is -2.49. The van der Waals surface area contributed by atoms with E-state index >= 15 is 0 Å². The highest BCUT2D eigenvalue weighted by atomic mass is 35.5. The lowest BCUT2D eigenvalue weighted by molar-refractivity contribution is -0.147. The molecule has 1 aromatic heterocycles. The predicted octanol–water partition coefficient (Wildman–Crippen LogP) is 1.25. The number of aliphatic carboxylic acids is 1. The van der Waals surface area contributed by atoms with Gasteiger partial charge < -0.3 is 5.11 Å². The molecular weight excluding hydrogens is 216 g/mol. The topological polar surface area (TPSA) is 53.4 Å². The standard InChI is InChI=1S/C10H11ClN2O2/c11-9-3-12-2-1-7(9)4-13-5-8(6-13)10(14)15/h1-3,8H,4-6H2,(H,14,15). The van der Waals surface area contributed by atoms with Crippen LogP contribution in [0.2, 0.25) is 5.02 Å². The van der Waals surface area contributed by atoms with E-state index in [1.54, 1.807) is 12.4 Å². The van der Waals surface area contributed by atoms with Gasteiger partial charge in [0.15, 0.2) is 0 Å². The van der Waals surface area contributed by atoms with Crippen LogP contribution in [0.1, 0.15) is 5.56 Å². The van der Waals surface area contributed by atoms with E-state index in [0.717, 1.165) is 5.56 Å². The minimum atomic E-state index is -0.716. The molecule has 15 heavy (non-hydrogen) atoms. The molecule has 0 aromatic carbocycles. The molecule has 0 radical (unpaired) electrons. The summed E-state index contributed by atoms with van der Waals surface area (Å²) in [7, 11) is 0. The van der Waals surface area contributed by atoms with E-state index in [9.17, 15) is 4.79 Å². The molecular formula is C10H11ClN2O2. The third kappa shape index (κ3) is 2.27. The Labute approximate surface area is 92.5 Å². The Balaban J connectivity index is 1.90. The maximum Gasteiger partial charge on any atom is 0.309 e. The summed E-state index contributed by atoms with van der Waals surface area (Å²) in [4.78, 5) is 16.5. The second-order valence-electron chi connectivity index (χ2n) is 3.70. The van der Waals surface area contributed by atoms with Crippen molar-refractivity contribution in [3.8, 4) is 0 Å². The molecule has 1 aliphatic heterocycles. The molecule has 0 aliphatic carbocycles.